The minimum Gasteiger partial charge on any atom is -0.461 e. The Bertz CT molecular complexity index is 2500. The second-order valence-electron chi connectivity index (χ2n) is 17.0. The normalized spacial score (nSPS) is 24.9. The molecule has 74 heavy (non-hydrogen) atoms. The maximum absolute atomic E-state index is 13.7. The Balaban J connectivity index is 1.20. The summed E-state index contributed by atoms with van der Waals surface area (Å²) in [7, 11) is 0. The number of carbonyl (C=O) groups excluding carboxylic acids is 8. The summed E-state index contributed by atoms with van der Waals surface area (Å²) in [4.78, 5) is 104. The zero-order chi connectivity index (χ0) is 52.7. The van der Waals surface area contributed by atoms with Crippen LogP contribution in [0.25, 0.3) is 0 Å². The minimum absolute atomic E-state index is 0.00475. The fraction of sp³-hybridized carbons (Fsp3) is 0.333. The topological polar surface area (TPSA) is 269 Å². The van der Waals surface area contributed by atoms with Gasteiger partial charge in [0.1, 0.15) is 49.1 Å². The number of allylic oxidation sites excluding steroid dienone is 4. The van der Waals surface area contributed by atoms with E-state index in [1.165, 1.54) is 111 Å². The lowest BCUT2D eigenvalue weighted by Crippen LogP contribution is -2.62. The van der Waals surface area contributed by atoms with Crippen LogP contribution < -0.4 is 9.47 Å². The van der Waals surface area contributed by atoms with Crippen LogP contribution in [0.1, 0.15) is 81.0 Å². The molecule has 6 aliphatic heterocycles. The van der Waals surface area contributed by atoms with E-state index in [0.717, 1.165) is 0 Å². The first-order valence-corrected chi connectivity index (χ1v) is 23.4. The zero-order valence-electron chi connectivity index (χ0n) is 40.0. The predicted octanol–water partition coefficient (Wildman–Crippen LogP) is 4.77. The van der Waals surface area contributed by atoms with Crippen LogP contribution in [0.4, 0.5) is 0 Å². The summed E-state index contributed by atoms with van der Waals surface area (Å²) >= 11 is 0. The minimum atomic E-state index is -1.86. The molecule has 6 heterocycles. The van der Waals surface area contributed by atoms with Crippen LogP contribution in [0, 0.1) is 0 Å². The average Bonchev–Trinajstić information content (AvgIpc) is 3.39. The molecule has 0 spiro atoms. The van der Waals surface area contributed by atoms with Gasteiger partial charge in [-0.2, -0.15) is 0 Å². The van der Waals surface area contributed by atoms with Crippen LogP contribution in [0.2, 0.25) is 0 Å². The highest BCUT2D eigenvalue weighted by Gasteiger charge is 2.53. The molecule has 2 N–H and O–H groups in total. The molecule has 0 saturated carbocycles. The van der Waals surface area contributed by atoms with Gasteiger partial charge in [0, 0.05) is 12.8 Å². The van der Waals surface area contributed by atoms with Crippen molar-refractivity contribution in [3.05, 3.63) is 156 Å². The molecule has 2 saturated heterocycles. The largest absolute Gasteiger partial charge is 0.461 e. The number of carbonyl (C=O) groups is 8. The number of ketones is 2. The van der Waals surface area contributed by atoms with E-state index in [1.807, 2.05) is 0 Å². The van der Waals surface area contributed by atoms with Gasteiger partial charge in [-0.15, -0.1) is 0 Å². The lowest BCUT2D eigenvalue weighted by molar-refractivity contribution is -0.280. The van der Waals surface area contributed by atoms with Crippen molar-refractivity contribution in [2.75, 3.05) is 13.2 Å². The van der Waals surface area contributed by atoms with Gasteiger partial charge in [-0.05, 0) is 112 Å². The summed E-state index contributed by atoms with van der Waals surface area (Å²) in [6.45, 7) is 1.35. The maximum Gasteiger partial charge on any atom is 0.338 e. The van der Waals surface area contributed by atoms with Crippen molar-refractivity contribution in [2.45, 2.75) is 101 Å². The van der Waals surface area contributed by atoms with Gasteiger partial charge in [-0.25, -0.2) is 19.2 Å². The fourth-order valence-corrected chi connectivity index (χ4v) is 7.73. The molecule has 0 aliphatic carbocycles. The number of aliphatic hydroxyl groups is 2. The molecule has 2 fully saturated rings. The van der Waals surface area contributed by atoms with Gasteiger partial charge in [0.2, 0.25) is 12.6 Å². The standard InChI is InChI=1S/C54H52O20/c1-31(55)13-9-11-19-41(57)71-45-39-29-65-49(61)35-21-27-38(28-22-35)68-54-48(74-52(64)34-17-7-4-8-18-34)44(60)46(72-42(58)20-12-10-14-32(2)56)40(70-54)30-66-50(62)36-23-25-37(26-24-36)67-53(69-39)47(43(45)59)73-51(63)33-15-5-3-6-16-33/h3-10,13-18,21-28,39-40,43-48,53-54,59-60H,11-12,19-20,29-30H2,1-2H3/b13-9-,14-10-/t39-,40-,43-,44+,45+,46-,47+,48-,53+,54+/m1/s1. The molecular weight excluding hydrogens is 969 g/mol. The van der Waals surface area contributed by atoms with E-state index < -0.39 is 110 Å². The molecule has 20 nitrogen and oxygen atoms in total. The second-order valence-corrected chi connectivity index (χ2v) is 17.0. The van der Waals surface area contributed by atoms with Crippen molar-refractivity contribution < 1.29 is 95.9 Å². The molecule has 20 heteroatoms. The zero-order valence-corrected chi connectivity index (χ0v) is 40.0. The Kier molecular flexibility index (Phi) is 18.6. The van der Waals surface area contributed by atoms with Crippen molar-refractivity contribution in [2.24, 2.45) is 0 Å². The molecule has 8 bridgehead atoms. The molecule has 0 amide bonds. The van der Waals surface area contributed by atoms with Gasteiger partial charge in [-0.1, -0.05) is 48.6 Å². The number of esters is 6. The van der Waals surface area contributed by atoms with E-state index in [2.05, 4.69) is 0 Å². The van der Waals surface area contributed by atoms with Crippen molar-refractivity contribution in [3.63, 3.8) is 0 Å². The van der Waals surface area contributed by atoms with Crippen LogP contribution >= 0.6 is 0 Å². The Hall–Kier alpha value is -8.04. The van der Waals surface area contributed by atoms with Gasteiger partial charge >= 0.3 is 35.8 Å². The van der Waals surface area contributed by atoms with E-state index in [4.69, 9.17) is 47.4 Å². The number of hydrogen-bond donors (Lipinski definition) is 2. The van der Waals surface area contributed by atoms with E-state index in [-0.39, 0.29) is 71.0 Å². The van der Waals surface area contributed by atoms with Gasteiger partial charge in [-0.3, -0.25) is 19.2 Å². The Labute approximate surface area is 423 Å². The van der Waals surface area contributed by atoms with Gasteiger partial charge in [0.05, 0.1) is 22.3 Å². The SMILES string of the molecule is CC(=O)/C=C\CCC(=O)O[C@@H]1[C@@H](O)[C@H](OC(=O)c2ccccc2)[C@H]2Oc3ccc(cc3)C(=O)OC[C@H]3O[C@H](Oc4ccc(cc4)C(=O)OC[C@H]1O2)[C@H](OC(=O)c1ccccc1)[C@@H](O)[C@@H]3OC(=O)CC/C=C\C(C)=O. The molecule has 10 atom stereocenters. The monoisotopic (exact) mass is 1020 g/mol. The van der Waals surface area contributed by atoms with Gasteiger partial charge in [0.15, 0.2) is 36.0 Å². The van der Waals surface area contributed by atoms with Crippen LogP contribution in [-0.4, -0.2) is 132 Å². The fourth-order valence-electron chi connectivity index (χ4n) is 7.73. The second kappa shape index (κ2) is 25.6. The highest BCUT2D eigenvalue weighted by atomic mass is 16.7. The van der Waals surface area contributed by atoms with Crippen molar-refractivity contribution in [3.8, 4) is 11.5 Å². The first-order chi connectivity index (χ1) is 35.6. The third kappa shape index (κ3) is 14.6. The van der Waals surface area contributed by atoms with E-state index in [0.29, 0.717) is 0 Å². The summed E-state index contributed by atoms with van der Waals surface area (Å²) in [5, 5.41) is 23.9. The molecular formula is C54H52O20. The third-order valence-electron chi connectivity index (χ3n) is 11.5. The first-order valence-electron chi connectivity index (χ1n) is 23.4. The Morgan fingerprint density at radius 3 is 1.23 bits per heavy atom. The summed E-state index contributed by atoms with van der Waals surface area (Å²) in [6, 6.07) is 26.1. The Morgan fingerprint density at radius 1 is 0.514 bits per heavy atom. The highest BCUT2D eigenvalue weighted by Crippen LogP contribution is 2.33. The number of ether oxygens (including phenoxy) is 10. The molecule has 0 unspecified atom stereocenters. The van der Waals surface area contributed by atoms with Crippen LogP contribution in [0.15, 0.2) is 133 Å². The van der Waals surface area contributed by atoms with E-state index in [1.54, 1.807) is 36.4 Å². The molecule has 0 radical (unpaired) electrons. The van der Waals surface area contributed by atoms with Crippen molar-refractivity contribution in [1.29, 1.82) is 0 Å². The first kappa shape index (κ1) is 53.8. The van der Waals surface area contributed by atoms with Gasteiger partial charge in [0.25, 0.3) is 0 Å². The van der Waals surface area contributed by atoms with Crippen LogP contribution in [-0.2, 0) is 57.1 Å². The van der Waals surface area contributed by atoms with E-state index >= 15 is 0 Å². The third-order valence-corrected chi connectivity index (χ3v) is 11.5. The number of hydrogen-bond acceptors (Lipinski definition) is 20. The highest BCUT2D eigenvalue weighted by molar-refractivity contribution is 5.91. The quantitative estimate of drug-likeness (QED) is 0.0978. The van der Waals surface area contributed by atoms with Gasteiger partial charge < -0.3 is 57.6 Å². The lowest BCUT2D eigenvalue weighted by Gasteiger charge is -2.43. The average molecular weight is 1020 g/mol. The number of benzene rings is 4. The molecule has 6 aliphatic rings. The molecule has 10 rings (SSSR count). The smallest absolute Gasteiger partial charge is 0.338 e. The molecule has 0 aromatic heterocycles. The maximum atomic E-state index is 13.7. The van der Waals surface area contributed by atoms with E-state index in [9.17, 15) is 48.6 Å². The van der Waals surface area contributed by atoms with Crippen LogP contribution in [0.5, 0.6) is 11.5 Å². The molecule has 388 valence electrons. The molecule has 4 aromatic carbocycles. The summed E-state index contributed by atoms with van der Waals surface area (Å²) < 4.78 is 59.0. The number of rotatable bonds is 14. The molecule has 4 aromatic rings. The summed E-state index contributed by atoms with van der Waals surface area (Å²) in [6.07, 6.45) is -11.4. The van der Waals surface area contributed by atoms with Crippen molar-refractivity contribution >= 4 is 47.4 Å². The Morgan fingerprint density at radius 2 is 0.878 bits per heavy atom. The van der Waals surface area contributed by atoms with Crippen LogP contribution in [0.3, 0.4) is 0 Å². The van der Waals surface area contributed by atoms with Crippen molar-refractivity contribution in [1.82, 2.24) is 0 Å². The number of aliphatic hydroxyl groups excluding tert-OH is 2. The predicted molar refractivity (Wildman–Crippen MR) is 253 cm³/mol. The summed E-state index contributed by atoms with van der Waals surface area (Å²) in [5.41, 5.74) is 0.0982. The summed E-state index contributed by atoms with van der Waals surface area (Å²) in [5.74, 6) is -5.82. The lowest BCUT2D eigenvalue weighted by atomic mass is 9.98.